The fraction of sp³-hybridized carbons (Fsp3) is 0.333. The number of nitrogens with one attached hydrogen (secondary N) is 1. The van der Waals surface area contributed by atoms with Gasteiger partial charge in [-0.2, -0.15) is 0 Å². The maximum absolute atomic E-state index is 13.4. The van der Waals surface area contributed by atoms with Crippen molar-refractivity contribution in [3.05, 3.63) is 29.8 Å². The number of hydrogen-bond acceptors (Lipinski definition) is 3. The van der Waals surface area contributed by atoms with Crippen molar-refractivity contribution in [2.45, 2.75) is 18.6 Å². The Bertz CT molecular complexity index is 552. The number of rotatable bonds is 2. The van der Waals surface area contributed by atoms with Gasteiger partial charge in [-0.25, -0.2) is 18.4 Å². The van der Waals surface area contributed by atoms with Crippen molar-refractivity contribution in [2.24, 2.45) is 0 Å². The summed E-state index contributed by atoms with van der Waals surface area (Å²) < 4.78 is 26.4. The highest BCUT2D eigenvalue weighted by atomic mass is 19.1. The number of hydrogen-bond donors (Lipinski definition) is 3. The van der Waals surface area contributed by atoms with E-state index >= 15 is 0 Å². The number of benzene rings is 1. The van der Waals surface area contributed by atoms with E-state index < -0.39 is 35.8 Å². The number of aliphatic hydroxyl groups excluding tert-OH is 1. The van der Waals surface area contributed by atoms with Crippen molar-refractivity contribution in [2.75, 3.05) is 11.9 Å². The largest absolute Gasteiger partial charge is 0.480 e. The van der Waals surface area contributed by atoms with E-state index in [1.165, 1.54) is 0 Å². The molecule has 1 aromatic rings. The maximum atomic E-state index is 13.4. The summed E-state index contributed by atoms with van der Waals surface area (Å²) >= 11 is 0. The van der Waals surface area contributed by atoms with E-state index in [0.29, 0.717) is 0 Å². The van der Waals surface area contributed by atoms with Crippen molar-refractivity contribution < 1.29 is 28.6 Å². The van der Waals surface area contributed by atoms with Crippen molar-refractivity contribution >= 4 is 17.7 Å². The van der Waals surface area contributed by atoms with E-state index in [9.17, 15) is 23.5 Å². The van der Waals surface area contributed by atoms with Crippen LogP contribution >= 0.6 is 0 Å². The number of carbonyl (C=O) groups excluding carboxylic acids is 1. The van der Waals surface area contributed by atoms with Gasteiger partial charge in [-0.05, 0) is 12.1 Å². The van der Waals surface area contributed by atoms with Crippen LogP contribution in [0.1, 0.15) is 6.42 Å². The lowest BCUT2D eigenvalue weighted by molar-refractivity contribution is -0.141. The second-order valence-electron chi connectivity index (χ2n) is 4.45. The Kier molecular flexibility index (Phi) is 3.84. The summed E-state index contributed by atoms with van der Waals surface area (Å²) in [6, 6.07) is 0.429. The number of nitrogens with zero attached hydrogens (tertiary/aromatic N) is 1. The van der Waals surface area contributed by atoms with Gasteiger partial charge in [0.05, 0.1) is 11.8 Å². The summed E-state index contributed by atoms with van der Waals surface area (Å²) in [5.74, 6) is -2.85. The highest BCUT2D eigenvalue weighted by Gasteiger charge is 2.39. The lowest BCUT2D eigenvalue weighted by Gasteiger charge is -2.21. The molecule has 0 aromatic heterocycles. The fourth-order valence-corrected chi connectivity index (χ4v) is 2.05. The number of likely N-dealkylation sites (tertiary alicyclic amines) is 1. The van der Waals surface area contributed by atoms with Gasteiger partial charge >= 0.3 is 12.0 Å². The van der Waals surface area contributed by atoms with Crippen molar-refractivity contribution in [1.82, 2.24) is 4.90 Å². The van der Waals surface area contributed by atoms with Gasteiger partial charge in [0.15, 0.2) is 0 Å². The van der Waals surface area contributed by atoms with Gasteiger partial charge in [0.1, 0.15) is 17.7 Å². The average molecular weight is 286 g/mol. The van der Waals surface area contributed by atoms with Crippen LogP contribution in [0.15, 0.2) is 18.2 Å². The number of amides is 2. The quantitative estimate of drug-likeness (QED) is 0.757. The average Bonchev–Trinajstić information content (AvgIpc) is 2.76. The number of aliphatic hydroxyl groups is 1. The number of carboxylic acid groups (broad SMARTS) is 1. The molecule has 1 fully saturated rings. The second kappa shape index (κ2) is 5.41. The molecule has 2 atom stereocenters. The molecule has 0 spiro atoms. The maximum Gasteiger partial charge on any atom is 0.326 e. The molecule has 8 heteroatoms. The first-order valence-electron chi connectivity index (χ1n) is 5.82. The molecule has 6 nitrogen and oxygen atoms in total. The zero-order valence-corrected chi connectivity index (χ0v) is 10.2. The summed E-state index contributed by atoms with van der Waals surface area (Å²) in [4.78, 5) is 23.7. The topological polar surface area (TPSA) is 89.9 Å². The first-order valence-corrected chi connectivity index (χ1v) is 5.82. The predicted octanol–water partition coefficient (Wildman–Crippen LogP) is 1.02. The van der Waals surface area contributed by atoms with E-state index in [1.54, 1.807) is 0 Å². The Hall–Kier alpha value is -2.22. The molecule has 2 rings (SSSR count). The Morgan fingerprint density at radius 2 is 2.05 bits per heavy atom. The third-order valence-corrected chi connectivity index (χ3v) is 2.99. The molecule has 0 radical (unpaired) electrons. The Morgan fingerprint density at radius 1 is 1.35 bits per heavy atom. The van der Waals surface area contributed by atoms with E-state index in [-0.39, 0.29) is 18.7 Å². The van der Waals surface area contributed by atoms with Crippen LogP contribution in [0, 0.1) is 11.6 Å². The highest BCUT2D eigenvalue weighted by Crippen LogP contribution is 2.21. The van der Waals surface area contributed by atoms with Crippen molar-refractivity contribution in [3.63, 3.8) is 0 Å². The molecule has 0 aliphatic carbocycles. The minimum atomic E-state index is -1.27. The monoisotopic (exact) mass is 286 g/mol. The molecule has 1 aromatic carbocycles. The third-order valence-electron chi connectivity index (χ3n) is 2.99. The standard InChI is InChI=1S/C12H12F2N2O4/c13-6-1-2-8(14)9(3-6)15-12(20)16-5-7(17)4-10(16)11(18)19/h1-3,7,10,17H,4-5H2,(H,15,20)(H,18,19)/t7-,10-/m1/s1. The normalized spacial score (nSPS) is 21.9. The molecular weight excluding hydrogens is 274 g/mol. The van der Waals surface area contributed by atoms with Crippen LogP contribution in [0.2, 0.25) is 0 Å². The van der Waals surface area contributed by atoms with Crippen LogP contribution in [-0.4, -0.2) is 45.8 Å². The van der Waals surface area contributed by atoms with Crippen LogP contribution in [0.3, 0.4) is 0 Å². The minimum Gasteiger partial charge on any atom is -0.480 e. The van der Waals surface area contributed by atoms with Crippen LogP contribution in [0.5, 0.6) is 0 Å². The number of carboxylic acids is 1. The number of anilines is 1. The second-order valence-corrected chi connectivity index (χ2v) is 4.45. The van der Waals surface area contributed by atoms with Gasteiger partial charge in [0.2, 0.25) is 0 Å². The first-order chi connectivity index (χ1) is 9.38. The van der Waals surface area contributed by atoms with Crippen LogP contribution in [0.25, 0.3) is 0 Å². The molecule has 1 heterocycles. The van der Waals surface area contributed by atoms with Gasteiger partial charge in [-0.1, -0.05) is 0 Å². The molecule has 1 saturated heterocycles. The smallest absolute Gasteiger partial charge is 0.326 e. The van der Waals surface area contributed by atoms with E-state index in [4.69, 9.17) is 5.11 Å². The summed E-state index contributed by atoms with van der Waals surface area (Å²) in [5.41, 5.74) is -0.388. The summed E-state index contributed by atoms with van der Waals surface area (Å²) in [6.07, 6.45) is -1.06. The Labute approximate surface area is 112 Å². The summed E-state index contributed by atoms with van der Waals surface area (Å²) in [7, 11) is 0. The van der Waals surface area contributed by atoms with Crippen LogP contribution in [0.4, 0.5) is 19.3 Å². The van der Waals surface area contributed by atoms with Crippen molar-refractivity contribution in [3.8, 4) is 0 Å². The molecule has 0 bridgehead atoms. The fourth-order valence-electron chi connectivity index (χ4n) is 2.05. The number of urea groups is 1. The van der Waals surface area contributed by atoms with E-state index in [1.807, 2.05) is 0 Å². The van der Waals surface area contributed by atoms with Gasteiger partial charge in [0, 0.05) is 19.0 Å². The van der Waals surface area contributed by atoms with Gasteiger partial charge < -0.3 is 20.4 Å². The summed E-state index contributed by atoms with van der Waals surface area (Å²) in [6.45, 7) is -0.181. The molecular formula is C12H12F2N2O4. The van der Waals surface area contributed by atoms with E-state index in [2.05, 4.69) is 5.32 Å². The number of β-amino-alcohol motifs (C(OH)–C–C–N with tert-alkyl or cyclic N) is 1. The van der Waals surface area contributed by atoms with E-state index in [0.717, 1.165) is 23.1 Å². The molecule has 1 aliphatic heterocycles. The highest BCUT2D eigenvalue weighted by molar-refractivity contribution is 5.92. The lowest BCUT2D eigenvalue weighted by Crippen LogP contribution is -2.43. The Balaban J connectivity index is 2.15. The van der Waals surface area contributed by atoms with Crippen LogP contribution in [-0.2, 0) is 4.79 Å². The zero-order chi connectivity index (χ0) is 14.9. The molecule has 3 N–H and O–H groups in total. The van der Waals surface area contributed by atoms with Gasteiger partial charge in [-0.15, -0.1) is 0 Å². The molecule has 20 heavy (non-hydrogen) atoms. The SMILES string of the molecule is O=C(O)[C@H]1C[C@@H](O)CN1C(=O)Nc1cc(F)ccc1F. The number of halogens is 2. The number of carbonyl (C=O) groups is 2. The van der Waals surface area contributed by atoms with Gasteiger partial charge in [-0.3, -0.25) is 0 Å². The zero-order valence-electron chi connectivity index (χ0n) is 10.2. The summed E-state index contributed by atoms with van der Waals surface area (Å²) in [5, 5.41) is 20.5. The van der Waals surface area contributed by atoms with Gasteiger partial charge in [0.25, 0.3) is 0 Å². The Morgan fingerprint density at radius 3 is 2.70 bits per heavy atom. The number of aliphatic carboxylic acids is 1. The lowest BCUT2D eigenvalue weighted by atomic mass is 10.2. The van der Waals surface area contributed by atoms with Crippen molar-refractivity contribution in [1.29, 1.82) is 0 Å². The molecule has 2 amide bonds. The minimum absolute atomic E-state index is 0.103. The third kappa shape index (κ3) is 2.85. The predicted molar refractivity (Wildman–Crippen MR) is 64.1 cm³/mol. The van der Waals surface area contributed by atoms with Crippen LogP contribution < -0.4 is 5.32 Å². The molecule has 1 aliphatic rings. The molecule has 0 saturated carbocycles. The molecule has 108 valence electrons. The first kappa shape index (κ1) is 14.2. The molecule has 0 unspecified atom stereocenters.